The lowest BCUT2D eigenvalue weighted by atomic mass is 9.96. The van der Waals surface area contributed by atoms with Gasteiger partial charge in [-0.1, -0.05) is 188 Å². The molecule has 0 aliphatic rings. The van der Waals surface area contributed by atoms with Crippen molar-refractivity contribution in [2.75, 3.05) is 0 Å². The topological polar surface area (TPSA) is 87.2 Å². The first-order valence-corrected chi connectivity index (χ1v) is 25.6. The van der Waals surface area contributed by atoms with Gasteiger partial charge < -0.3 is 9.13 Å². The summed E-state index contributed by atoms with van der Waals surface area (Å²) in [6.07, 6.45) is -5.10. The molecule has 0 aliphatic carbocycles. The number of para-hydroxylation sites is 2. The van der Waals surface area contributed by atoms with Gasteiger partial charge in [0, 0.05) is 60.5 Å². The normalized spacial score (nSPS) is 11.8. The zero-order valence-electron chi connectivity index (χ0n) is 42.0. The van der Waals surface area contributed by atoms with Crippen molar-refractivity contribution in [3.05, 3.63) is 254 Å². The van der Waals surface area contributed by atoms with Crippen LogP contribution in [0.3, 0.4) is 0 Å². The molecule has 0 aliphatic heterocycles. The summed E-state index contributed by atoms with van der Waals surface area (Å²) in [6, 6.07) is 70.0. The van der Waals surface area contributed by atoms with E-state index in [4.69, 9.17) is 29.9 Å². The van der Waals surface area contributed by atoms with Crippen LogP contribution < -0.4 is 0 Å². The minimum Gasteiger partial charge on any atom is -0.307 e. The average molecular weight is 1050 g/mol. The Morgan fingerprint density at radius 1 is 0.287 bits per heavy atom. The largest absolute Gasteiger partial charge is 0.417 e. The molecule has 0 N–H and O–H groups in total. The molecular formula is C67H39F5N8. The van der Waals surface area contributed by atoms with Crippen LogP contribution in [0.2, 0.25) is 0 Å². The van der Waals surface area contributed by atoms with Crippen molar-refractivity contribution in [1.82, 2.24) is 39.0 Å². The molecule has 13 heteroatoms. The van der Waals surface area contributed by atoms with Gasteiger partial charge in [0.15, 0.2) is 34.9 Å². The zero-order valence-corrected chi connectivity index (χ0v) is 42.0. The van der Waals surface area contributed by atoms with Crippen LogP contribution in [-0.2, 0) is 6.18 Å². The highest BCUT2D eigenvalue weighted by molar-refractivity contribution is 6.13. The first-order valence-electron chi connectivity index (χ1n) is 25.6. The summed E-state index contributed by atoms with van der Waals surface area (Å²) in [4.78, 5) is 29.8. The summed E-state index contributed by atoms with van der Waals surface area (Å²) in [7, 11) is 0. The van der Waals surface area contributed by atoms with Crippen LogP contribution in [0, 0.1) is 11.6 Å². The van der Waals surface area contributed by atoms with Crippen molar-refractivity contribution < 1.29 is 22.0 Å². The summed E-state index contributed by atoms with van der Waals surface area (Å²) in [5.41, 5.74) is 3.96. The van der Waals surface area contributed by atoms with E-state index in [2.05, 4.69) is 0 Å². The third-order valence-electron chi connectivity index (χ3n) is 14.4. The van der Waals surface area contributed by atoms with E-state index in [9.17, 15) is 0 Å². The van der Waals surface area contributed by atoms with Crippen molar-refractivity contribution >= 4 is 43.6 Å². The second-order valence-corrected chi connectivity index (χ2v) is 19.2. The lowest BCUT2D eigenvalue weighted by Gasteiger charge is -2.22. The number of nitrogens with zero attached hydrogens (tertiary/aromatic N) is 8. The van der Waals surface area contributed by atoms with Gasteiger partial charge in [-0.05, 0) is 48.5 Å². The standard InChI is InChI=1S/C67H39F5N8/c68-52-28-17-29-53(69)60(52)50-38-58(79-54-30-15-13-26-46(54)48-34-32-44(36-56(48)79)65-75-61(40-18-5-1-6-19-40)73-62(76-65)41-20-7-2-8-21-41)59(39-51(50)67(70,71)72)80-55-31-16-14-27-47(55)49-35-33-45(37-57(49)80)66-77-63(42-22-9-3-10-23-42)74-64(78-66)43-24-11-4-12-25-43/h1-39H. The van der Waals surface area contributed by atoms with E-state index in [1.807, 2.05) is 211 Å². The van der Waals surface area contributed by atoms with Gasteiger partial charge in [0.1, 0.15) is 11.6 Å². The Labute approximate surface area is 453 Å². The minimum absolute atomic E-state index is 0.0673. The summed E-state index contributed by atoms with van der Waals surface area (Å²) in [5.74, 6) is 0.104. The van der Waals surface area contributed by atoms with Crippen molar-refractivity contribution in [2.24, 2.45) is 0 Å². The van der Waals surface area contributed by atoms with Crippen LogP contribution in [0.4, 0.5) is 22.0 Å². The molecule has 0 bridgehead atoms. The Bertz CT molecular complexity index is 4580. The van der Waals surface area contributed by atoms with Gasteiger partial charge in [-0.3, -0.25) is 0 Å². The molecule has 80 heavy (non-hydrogen) atoms. The number of aromatic nitrogens is 8. The molecular weight excluding hydrogens is 1010 g/mol. The van der Waals surface area contributed by atoms with E-state index in [0.29, 0.717) is 68.1 Å². The Balaban J connectivity index is 1.08. The van der Waals surface area contributed by atoms with Crippen LogP contribution in [0.5, 0.6) is 0 Å². The van der Waals surface area contributed by atoms with E-state index in [0.717, 1.165) is 68.1 Å². The predicted molar refractivity (Wildman–Crippen MR) is 305 cm³/mol. The highest BCUT2D eigenvalue weighted by Crippen LogP contribution is 2.47. The highest BCUT2D eigenvalue weighted by Gasteiger charge is 2.37. The number of halogens is 5. The fourth-order valence-electron chi connectivity index (χ4n) is 10.7. The number of rotatable bonds is 9. The van der Waals surface area contributed by atoms with Gasteiger partial charge in [0.25, 0.3) is 0 Å². The molecule has 0 spiro atoms. The smallest absolute Gasteiger partial charge is 0.307 e. The number of alkyl halides is 3. The number of hydrogen-bond acceptors (Lipinski definition) is 6. The SMILES string of the molecule is Fc1cccc(F)c1-c1cc(-n2c3ccccc3c3ccc(-c4nc(-c5ccccc5)nc(-c5ccccc5)n4)cc32)c(-n2c3ccccc3c3ccc(-c4nc(-c5ccccc5)nc(-c5ccccc5)n4)cc32)cc1C(F)(F)F. The molecule has 14 rings (SSSR count). The molecule has 0 atom stereocenters. The Kier molecular flexibility index (Phi) is 11.5. The molecule has 0 unspecified atom stereocenters. The number of benzene rings is 10. The number of fused-ring (bicyclic) bond motifs is 6. The Hall–Kier alpha value is -10.5. The van der Waals surface area contributed by atoms with Gasteiger partial charge >= 0.3 is 6.18 Å². The van der Waals surface area contributed by atoms with Gasteiger partial charge in [0.2, 0.25) is 0 Å². The van der Waals surface area contributed by atoms with Crippen LogP contribution >= 0.6 is 0 Å². The molecule has 0 saturated carbocycles. The molecule has 0 radical (unpaired) electrons. The van der Waals surface area contributed by atoms with Gasteiger partial charge in [0.05, 0.1) is 44.6 Å². The summed E-state index contributed by atoms with van der Waals surface area (Å²) < 4.78 is 84.5. The van der Waals surface area contributed by atoms with E-state index in [1.54, 1.807) is 4.57 Å². The second kappa shape index (κ2) is 19.2. The van der Waals surface area contributed by atoms with Crippen molar-refractivity contribution in [2.45, 2.75) is 6.18 Å². The fourth-order valence-corrected chi connectivity index (χ4v) is 10.7. The molecule has 14 aromatic rings. The maximum atomic E-state index is 16.3. The highest BCUT2D eigenvalue weighted by atomic mass is 19.4. The molecule has 0 amide bonds. The lowest BCUT2D eigenvalue weighted by molar-refractivity contribution is -0.137. The third-order valence-corrected chi connectivity index (χ3v) is 14.4. The third kappa shape index (κ3) is 8.30. The molecule has 0 fully saturated rings. The van der Waals surface area contributed by atoms with Crippen LogP contribution in [0.1, 0.15) is 5.56 Å². The zero-order chi connectivity index (χ0) is 54.1. The van der Waals surface area contributed by atoms with Gasteiger partial charge in [-0.2, -0.15) is 13.2 Å². The van der Waals surface area contributed by atoms with E-state index in [-0.39, 0.29) is 11.4 Å². The minimum atomic E-state index is -5.10. The van der Waals surface area contributed by atoms with Crippen LogP contribution in [0.15, 0.2) is 237 Å². The monoisotopic (exact) mass is 1050 g/mol. The van der Waals surface area contributed by atoms with Crippen molar-refractivity contribution in [3.63, 3.8) is 0 Å². The molecule has 10 aromatic carbocycles. The summed E-state index contributed by atoms with van der Waals surface area (Å²) in [6.45, 7) is 0. The van der Waals surface area contributed by atoms with Gasteiger partial charge in [-0.25, -0.2) is 38.7 Å². The summed E-state index contributed by atoms with van der Waals surface area (Å²) in [5, 5.41) is 2.98. The molecule has 4 aromatic heterocycles. The molecule has 4 heterocycles. The average Bonchev–Trinajstić information content (AvgIpc) is 4.04. The Morgan fingerprint density at radius 3 is 0.988 bits per heavy atom. The maximum absolute atomic E-state index is 16.3. The number of hydrogen-bond donors (Lipinski definition) is 0. The Morgan fingerprint density at radius 2 is 0.613 bits per heavy atom. The maximum Gasteiger partial charge on any atom is 0.417 e. The van der Waals surface area contributed by atoms with Crippen molar-refractivity contribution in [1.29, 1.82) is 0 Å². The first-order chi connectivity index (χ1) is 39.1. The van der Waals surface area contributed by atoms with E-state index in [1.165, 1.54) is 6.07 Å². The summed E-state index contributed by atoms with van der Waals surface area (Å²) >= 11 is 0. The lowest BCUT2D eigenvalue weighted by Crippen LogP contribution is -2.13. The molecule has 8 nitrogen and oxygen atoms in total. The van der Waals surface area contributed by atoms with E-state index < -0.39 is 34.5 Å². The van der Waals surface area contributed by atoms with Crippen molar-refractivity contribution in [3.8, 4) is 90.8 Å². The van der Waals surface area contributed by atoms with Gasteiger partial charge in [-0.15, -0.1) is 0 Å². The van der Waals surface area contributed by atoms with Crippen LogP contribution in [0.25, 0.3) is 134 Å². The fraction of sp³-hybridized carbons (Fsp3) is 0.0149. The molecule has 382 valence electrons. The molecule has 0 saturated heterocycles. The quantitative estimate of drug-likeness (QED) is 0.134. The van der Waals surface area contributed by atoms with Crippen LogP contribution in [-0.4, -0.2) is 39.0 Å². The first kappa shape index (κ1) is 47.9. The van der Waals surface area contributed by atoms with E-state index >= 15 is 22.0 Å². The predicted octanol–water partition coefficient (Wildman–Crippen LogP) is 17.2. The second-order valence-electron chi connectivity index (χ2n) is 19.2.